The Kier molecular flexibility index (Phi) is 3.79. The largest absolute Gasteiger partial charge is 0.381 e. The molecule has 2 aliphatic heterocycles. The maximum absolute atomic E-state index is 5.76. The smallest absolute Gasteiger partial charge is 0.0469 e. The second-order valence-electron chi connectivity index (χ2n) is 4.58. The van der Waals surface area contributed by atoms with Crippen molar-refractivity contribution in [3.05, 3.63) is 0 Å². The fraction of sp³-hybridized carbons (Fsp3) is 1.00. The zero-order valence-corrected chi connectivity index (χ0v) is 8.95. The lowest BCUT2D eigenvalue weighted by molar-refractivity contribution is 0.0511. The number of rotatable bonds is 3. The summed E-state index contributed by atoms with van der Waals surface area (Å²) in [5.41, 5.74) is 5.76. The zero-order chi connectivity index (χ0) is 9.80. The van der Waals surface area contributed by atoms with Crippen molar-refractivity contribution in [3.63, 3.8) is 0 Å². The molecule has 1 atom stereocenters. The van der Waals surface area contributed by atoms with Crippen LogP contribution >= 0.6 is 0 Å². The molecule has 0 aromatic carbocycles. The summed E-state index contributed by atoms with van der Waals surface area (Å²) in [5.74, 6) is 0.857. The maximum Gasteiger partial charge on any atom is 0.0469 e. The number of hydrogen-bond donors (Lipinski definition) is 1. The van der Waals surface area contributed by atoms with Crippen molar-refractivity contribution in [1.29, 1.82) is 0 Å². The van der Waals surface area contributed by atoms with Crippen LogP contribution in [-0.2, 0) is 4.74 Å². The van der Waals surface area contributed by atoms with Gasteiger partial charge in [-0.3, -0.25) is 4.90 Å². The molecule has 2 fully saturated rings. The molecule has 2 N–H and O–H groups in total. The van der Waals surface area contributed by atoms with Crippen LogP contribution in [0.3, 0.4) is 0 Å². The van der Waals surface area contributed by atoms with Crippen molar-refractivity contribution in [2.75, 3.05) is 32.8 Å². The Morgan fingerprint density at radius 2 is 2.00 bits per heavy atom. The van der Waals surface area contributed by atoms with Gasteiger partial charge in [0.05, 0.1) is 0 Å². The second kappa shape index (κ2) is 5.10. The van der Waals surface area contributed by atoms with Crippen molar-refractivity contribution in [3.8, 4) is 0 Å². The molecule has 14 heavy (non-hydrogen) atoms. The van der Waals surface area contributed by atoms with Gasteiger partial charge in [0.1, 0.15) is 0 Å². The molecule has 0 aromatic heterocycles. The molecule has 0 bridgehead atoms. The summed E-state index contributed by atoms with van der Waals surface area (Å²) >= 11 is 0. The van der Waals surface area contributed by atoms with Gasteiger partial charge in [0.25, 0.3) is 0 Å². The van der Waals surface area contributed by atoms with E-state index in [1.54, 1.807) is 0 Å². The van der Waals surface area contributed by atoms with Crippen LogP contribution in [0.4, 0.5) is 0 Å². The minimum atomic E-state index is 0.665. The topological polar surface area (TPSA) is 38.5 Å². The lowest BCUT2D eigenvalue weighted by Gasteiger charge is -2.30. The van der Waals surface area contributed by atoms with Gasteiger partial charge >= 0.3 is 0 Å². The molecule has 3 nitrogen and oxygen atoms in total. The average molecular weight is 198 g/mol. The van der Waals surface area contributed by atoms with E-state index in [2.05, 4.69) is 4.90 Å². The summed E-state index contributed by atoms with van der Waals surface area (Å²) in [6.07, 6.45) is 5.13. The lowest BCUT2D eigenvalue weighted by atomic mass is 9.99. The van der Waals surface area contributed by atoms with Gasteiger partial charge in [0.2, 0.25) is 0 Å². The highest BCUT2D eigenvalue weighted by Gasteiger charge is 2.26. The number of hydrogen-bond acceptors (Lipinski definition) is 3. The number of likely N-dealkylation sites (tertiary alicyclic amines) is 1. The van der Waals surface area contributed by atoms with Crippen LogP contribution < -0.4 is 5.73 Å². The first-order valence-corrected chi connectivity index (χ1v) is 5.92. The molecule has 0 spiro atoms. The summed E-state index contributed by atoms with van der Waals surface area (Å²) in [4.78, 5) is 2.59. The standard InChI is InChI=1S/C11H22N2O/c12-8-11-2-1-5-13(11)9-10-3-6-14-7-4-10/h10-11H,1-9,12H2/t11-/m1/s1. The van der Waals surface area contributed by atoms with Gasteiger partial charge in [-0.2, -0.15) is 0 Å². The lowest BCUT2D eigenvalue weighted by Crippen LogP contribution is -2.39. The summed E-state index contributed by atoms with van der Waals surface area (Å²) in [5, 5.41) is 0. The third-order valence-corrected chi connectivity index (χ3v) is 3.60. The van der Waals surface area contributed by atoms with Crippen LogP contribution in [0.25, 0.3) is 0 Å². The van der Waals surface area contributed by atoms with Crippen molar-refractivity contribution in [1.82, 2.24) is 4.90 Å². The van der Waals surface area contributed by atoms with Gasteiger partial charge in [-0.15, -0.1) is 0 Å². The van der Waals surface area contributed by atoms with Crippen LogP contribution in [0.1, 0.15) is 25.7 Å². The molecule has 2 heterocycles. The fourth-order valence-electron chi connectivity index (χ4n) is 2.66. The Labute approximate surface area is 86.6 Å². The third-order valence-electron chi connectivity index (χ3n) is 3.60. The second-order valence-corrected chi connectivity index (χ2v) is 4.58. The highest BCUT2D eigenvalue weighted by Crippen LogP contribution is 2.22. The van der Waals surface area contributed by atoms with Gasteiger partial charge in [-0.05, 0) is 38.1 Å². The van der Waals surface area contributed by atoms with E-state index in [0.717, 1.165) is 25.7 Å². The van der Waals surface area contributed by atoms with E-state index in [1.165, 1.54) is 38.8 Å². The van der Waals surface area contributed by atoms with Crippen LogP contribution in [0.5, 0.6) is 0 Å². The van der Waals surface area contributed by atoms with Crippen molar-refractivity contribution in [2.45, 2.75) is 31.7 Å². The molecule has 0 saturated carbocycles. The molecular formula is C11H22N2O. The first-order chi connectivity index (χ1) is 6.90. The molecule has 0 radical (unpaired) electrons. The maximum atomic E-state index is 5.76. The predicted molar refractivity (Wildman–Crippen MR) is 57.2 cm³/mol. The Bertz CT molecular complexity index is 169. The van der Waals surface area contributed by atoms with E-state index in [0.29, 0.717) is 6.04 Å². The number of ether oxygens (including phenoxy) is 1. The quantitative estimate of drug-likeness (QED) is 0.730. The summed E-state index contributed by atoms with van der Waals surface area (Å²) in [6.45, 7) is 5.28. The zero-order valence-electron chi connectivity index (χ0n) is 8.95. The van der Waals surface area contributed by atoms with E-state index in [-0.39, 0.29) is 0 Å². The molecule has 3 heteroatoms. The summed E-state index contributed by atoms with van der Waals surface area (Å²) in [7, 11) is 0. The van der Waals surface area contributed by atoms with E-state index < -0.39 is 0 Å². The van der Waals surface area contributed by atoms with Crippen molar-refractivity contribution in [2.24, 2.45) is 11.7 Å². The predicted octanol–water partition coefficient (Wildman–Crippen LogP) is 0.836. The van der Waals surface area contributed by atoms with E-state index >= 15 is 0 Å². The van der Waals surface area contributed by atoms with Gasteiger partial charge in [0.15, 0.2) is 0 Å². The number of nitrogens with zero attached hydrogens (tertiary/aromatic N) is 1. The summed E-state index contributed by atoms with van der Waals surface area (Å²) < 4.78 is 5.37. The Hall–Kier alpha value is -0.120. The van der Waals surface area contributed by atoms with Crippen molar-refractivity contribution < 1.29 is 4.74 Å². The van der Waals surface area contributed by atoms with Crippen LogP contribution in [-0.4, -0.2) is 43.8 Å². The first kappa shape index (κ1) is 10.4. The van der Waals surface area contributed by atoms with Gasteiger partial charge in [-0.1, -0.05) is 0 Å². The monoisotopic (exact) mass is 198 g/mol. The van der Waals surface area contributed by atoms with Crippen LogP contribution in [0, 0.1) is 5.92 Å². The highest BCUT2D eigenvalue weighted by atomic mass is 16.5. The molecule has 0 amide bonds. The molecule has 82 valence electrons. The SMILES string of the molecule is NC[C@H]1CCCN1CC1CCOCC1. The first-order valence-electron chi connectivity index (χ1n) is 5.92. The van der Waals surface area contributed by atoms with E-state index in [4.69, 9.17) is 10.5 Å². The van der Waals surface area contributed by atoms with Gasteiger partial charge < -0.3 is 10.5 Å². The Morgan fingerprint density at radius 1 is 1.21 bits per heavy atom. The van der Waals surface area contributed by atoms with Crippen LogP contribution in [0.15, 0.2) is 0 Å². The fourth-order valence-corrected chi connectivity index (χ4v) is 2.66. The molecule has 0 aromatic rings. The van der Waals surface area contributed by atoms with E-state index in [9.17, 15) is 0 Å². The van der Waals surface area contributed by atoms with Crippen LogP contribution in [0.2, 0.25) is 0 Å². The average Bonchev–Trinajstić information content (AvgIpc) is 2.67. The Balaban J connectivity index is 1.77. The molecular weight excluding hydrogens is 176 g/mol. The summed E-state index contributed by atoms with van der Waals surface area (Å²) in [6, 6.07) is 0.665. The molecule has 0 aliphatic carbocycles. The normalized spacial score (nSPS) is 31.1. The molecule has 0 unspecified atom stereocenters. The Morgan fingerprint density at radius 3 is 2.71 bits per heavy atom. The number of nitrogens with two attached hydrogens (primary N) is 1. The molecule has 2 saturated heterocycles. The van der Waals surface area contributed by atoms with Crippen molar-refractivity contribution >= 4 is 0 Å². The third kappa shape index (κ3) is 2.47. The van der Waals surface area contributed by atoms with Gasteiger partial charge in [0, 0.05) is 32.3 Å². The highest BCUT2D eigenvalue weighted by molar-refractivity contribution is 4.82. The molecule has 2 rings (SSSR count). The van der Waals surface area contributed by atoms with Gasteiger partial charge in [-0.25, -0.2) is 0 Å². The van der Waals surface area contributed by atoms with E-state index in [1.807, 2.05) is 0 Å². The minimum absolute atomic E-state index is 0.665. The molecule has 2 aliphatic rings. The minimum Gasteiger partial charge on any atom is -0.381 e.